The number of carboxylic acid groups (broad SMARTS) is 1. The highest BCUT2D eigenvalue weighted by atomic mass is 16.7. The predicted octanol–water partition coefficient (Wildman–Crippen LogP) is 1.76. The van der Waals surface area contributed by atoms with Gasteiger partial charge in [0.2, 0.25) is 6.79 Å². The summed E-state index contributed by atoms with van der Waals surface area (Å²) in [5.74, 6) is -0.538. The summed E-state index contributed by atoms with van der Waals surface area (Å²) in [4.78, 5) is 26.7. The molecule has 0 saturated carbocycles. The van der Waals surface area contributed by atoms with Crippen LogP contribution in [0.1, 0.15) is 21.0 Å². The van der Waals surface area contributed by atoms with Gasteiger partial charge in [-0.05, 0) is 24.3 Å². The number of rotatable bonds is 3. The number of carbonyl (C=O) groups excluding carboxylic acids is 1. The van der Waals surface area contributed by atoms with E-state index < -0.39 is 11.9 Å². The van der Waals surface area contributed by atoms with E-state index in [1.165, 1.54) is 18.2 Å². The number of ether oxygens (including phenoxy) is 2. The zero-order chi connectivity index (χ0) is 14.8. The van der Waals surface area contributed by atoms with E-state index in [0.717, 1.165) is 0 Å². The zero-order valence-electron chi connectivity index (χ0n) is 10.7. The van der Waals surface area contributed by atoms with E-state index in [1.54, 1.807) is 18.2 Å². The molecule has 3 rings (SSSR count). The molecule has 7 heteroatoms. The van der Waals surface area contributed by atoms with E-state index in [-0.39, 0.29) is 18.2 Å². The number of anilines is 1. The standard InChI is InChI=1S/C14H10N2O5/c17-13(9-2-1-3-10(16-9)14(18)19)15-8-4-5-11-12(6-8)21-7-20-11/h1-6H,7H2,(H,15,17)(H,18,19). The number of benzene rings is 1. The molecule has 1 aromatic carbocycles. The van der Waals surface area contributed by atoms with Gasteiger partial charge in [0.1, 0.15) is 11.4 Å². The first-order valence-electron chi connectivity index (χ1n) is 6.05. The number of amides is 1. The van der Waals surface area contributed by atoms with E-state index in [2.05, 4.69) is 10.3 Å². The lowest BCUT2D eigenvalue weighted by atomic mass is 10.2. The first-order valence-corrected chi connectivity index (χ1v) is 6.05. The molecule has 1 aromatic heterocycles. The minimum absolute atomic E-state index is 0.0209. The molecular weight excluding hydrogens is 276 g/mol. The molecular formula is C14H10N2O5. The van der Waals surface area contributed by atoms with Crippen molar-refractivity contribution in [3.05, 3.63) is 47.8 Å². The second-order valence-corrected chi connectivity index (χ2v) is 4.24. The number of aromatic nitrogens is 1. The van der Waals surface area contributed by atoms with Crippen molar-refractivity contribution in [1.29, 1.82) is 0 Å². The summed E-state index contributed by atoms with van der Waals surface area (Å²) in [5, 5.41) is 11.5. The quantitative estimate of drug-likeness (QED) is 0.892. The summed E-state index contributed by atoms with van der Waals surface area (Å²) in [7, 11) is 0. The van der Waals surface area contributed by atoms with Crippen molar-refractivity contribution in [1.82, 2.24) is 4.98 Å². The Morgan fingerprint density at radius 3 is 2.67 bits per heavy atom. The van der Waals surface area contributed by atoms with Crippen LogP contribution < -0.4 is 14.8 Å². The van der Waals surface area contributed by atoms with Crippen LogP contribution in [0.4, 0.5) is 5.69 Å². The number of carboxylic acids is 1. The van der Waals surface area contributed by atoms with Crippen LogP contribution in [-0.2, 0) is 0 Å². The number of pyridine rings is 1. The Morgan fingerprint density at radius 1 is 1.10 bits per heavy atom. The van der Waals surface area contributed by atoms with E-state index in [0.29, 0.717) is 17.2 Å². The third-order valence-corrected chi connectivity index (χ3v) is 2.83. The summed E-state index contributed by atoms with van der Waals surface area (Å²) in [6, 6.07) is 9.19. The Morgan fingerprint density at radius 2 is 1.86 bits per heavy atom. The van der Waals surface area contributed by atoms with Gasteiger partial charge >= 0.3 is 5.97 Å². The van der Waals surface area contributed by atoms with Gasteiger partial charge in [0, 0.05) is 11.8 Å². The monoisotopic (exact) mass is 286 g/mol. The molecule has 106 valence electrons. The first-order chi connectivity index (χ1) is 10.1. The lowest BCUT2D eigenvalue weighted by molar-refractivity contribution is 0.0690. The van der Waals surface area contributed by atoms with Crippen molar-refractivity contribution in [2.45, 2.75) is 0 Å². The van der Waals surface area contributed by atoms with Gasteiger partial charge in [-0.3, -0.25) is 4.79 Å². The lowest BCUT2D eigenvalue weighted by Crippen LogP contribution is -2.15. The minimum Gasteiger partial charge on any atom is -0.477 e. The summed E-state index contributed by atoms with van der Waals surface area (Å²) in [5.41, 5.74) is 0.340. The van der Waals surface area contributed by atoms with E-state index in [9.17, 15) is 9.59 Å². The Kier molecular flexibility index (Phi) is 3.15. The average Bonchev–Trinajstić information content (AvgIpc) is 2.95. The van der Waals surface area contributed by atoms with E-state index in [4.69, 9.17) is 14.6 Å². The molecule has 0 spiro atoms. The maximum atomic E-state index is 12.1. The highest BCUT2D eigenvalue weighted by Gasteiger charge is 2.15. The number of fused-ring (bicyclic) bond motifs is 1. The fraction of sp³-hybridized carbons (Fsp3) is 0.0714. The number of nitrogens with one attached hydrogen (secondary N) is 1. The van der Waals surface area contributed by atoms with Crippen LogP contribution >= 0.6 is 0 Å². The highest BCUT2D eigenvalue weighted by molar-refractivity contribution is 6.03. The van der Waals surface area contributed by atoms with Crippen LogP contribution in [0.25, 0.3) is 0 Å². The number of carbonyl (C=O) groups is 2. The Labute approximate surface area is 119 Å². The fourth-order valence-corrected chi connectivity index (χ4v) is 1.85. The molecule has 0 fully saturated rings. The van der Waals surface area contributed by atoms with Crippen LogP contribution in [0.5, 0.6) is 11.5 Å². The number of hydrogen-bond acceptors (Lipinski definition) is 5. The summed E-state index contributed by atoms with van der Waals surface area (Å²) >= 11 is 0. The van der Waals surface area contributed by atoms with Gasteiger partial charge in [-0.15, -0.1) is 0 Å². The van der Waals surface area contributed by atoms with Crippen molar-refractivity contribution < 1.29 is 24.2 Å². The normalized spacial score (nSPS) is 12.0. The van der Waals surface area contributed by atoms with Gasteiger partial charge in [0.05, 0.1) is 0 Å². The Bertz CT molecular complexity index is 729. The van der Waals surface area contributed by atoms with Crippen molar-refractivity contribution in [3.63, 3.8) is 0 Å². The second-order valence-electron chi connectivity index (χ2n) is 4.24. The molecule has 1 amide bonds. The van der Waals surface area contributed by atoms with Crippen LogP contribution in [0, 0.1) is 0 Å². The average molecular weight is 286 g/mol. The molecule has 2 aromatic rings. The first kappa shape index (κ1) is 12.9. The SMILES string of the molecule is O=C(O)c1cccc(C(=O)Nc2ccc3c(c2)OCO3)n1. The summed E-state index contributed by atoms with van der Waals surface area (Å²) in [6.45, 7) is 0.148. The molecule has 0 bridgehead atoms. The smallest absolute Gasteiger partial charge is 0.354 e. The minimum atomic E-state index is -1.19. The molecule has 1 aliphatic heterocycles. The van der Waals surface area contributed by atoms with Crippen molar-refractivity contribution >= 4 is 17.6 Å². The van der Waals surface area contributed by atoms with Gasteiger partial charge in [-0.25, -0.2) is 9.78 Å². The predicted molar refractivity (Wildman–Crippen MR) is 71.7 cm³/mol. The Hall–Kier alpha value is -3.09. The molecule has 0 saturated heterocycles. The Balaban J connectivity index is 1.80. The third kappa shape index (κ3) is 2.62. The molecule has 2 N–H and O–H groups in total. The maximum absolute atomic E-state index is 12.1. The van der Waals surface area contributed by atoms with E-state index >= 15 is 0 Å². The number of nitrogens with zero attached hydrogens (tertiary/aromatic N) is 1. The van der Waals surface area contributed by atoms with Crippen molar-refractivity contribution in [2.75, 3.05) is 12.1 Å². The van der Waals surface area contributed by atoms with Crippen molar-refractivity contribution in [3.8, 4) is 11.5 Å². The molecule has 0 atom stereocenters. The third-order valence-electron chi connectivity index (χ3n) is 2.83. The van der Waals surface area contributed by atoms with E-state index in [1.807, 2.05) is 0 Å². The van der Waals surface area contributed by atoms with Crippen LogP contribution in [0.15, 0.2) is 36.4 Å². The summed E-state index contributed by atoms with van der Waals surface area (Å²) in [6.07, 6.45) is 0. The van der Waals surface area contributed by atoms with Crippen LogP contribution in [0.3, 0.4) is 0 Å². The summed E-state index contributed by atoms with van der Waals surface area (Å²) < 4.78 is 10.4. The lowest BCUT2D eigenvalue weighted by Gasteiger charge is -2.06. The van der Waals surface area contributed by atoms with Gasteiger partial charge in [0.25, 0.3) is 5.91 Å². The molecule has 0 aliphatic carbocycles. The maximum Gasteiger partial charge on any atom is 0.354 e. The second kappa shape index (κ2) is 5.12. The van der Waals surface area contributed by atoms with Gasteiger partial charge in [-0.1, -0.05) is 6.07 Å². The molecule has 1 aliphatic rings. The van der Waals surface area contributed by atoms with Crippen LogP contribution in [0.2, 0.25) is 0 Å². The largest absolute Gasteiger partial charge is 0.477 e. The zero-order valence-corrected chi connectivity index (χ0v) is 10.7. The molecule has 0 unspecified atom stereocenters. The molecule has 21 heavy (non-hydrogen) atoms. The fourth-order valence-electron chi connectivity index (χ4n) is 1.85. The van der Waals surface area contributed by atoms with Crippen molar-refractivity contribution in [2.24, 2.45) is 0 Å². The highest BCUT2D eigenvalue weighted by Crippen LogP contribution is 2.34. The van der Waals surface area contributed by atoms with Gasteiger partial charge < -0.3 is 19.9 Å². The van der Waals surface area contributed by atoms with Gasteiger partial charge in [0.15, 0.2) is 11.5 Å². The molecule has 0 radical (unpaired) electrons. The number of hydrogen-bond donors (Lipinski definition) is 2. The van der Waals surface area contributed by atoms with Crippen LogP contribution in [-0.4, -0.2) is 28.8 Å². The molecule has 7 nitrogen and oxygen atoms in total. The van der Waals surface area contributed by atoms with Gasteiger partial charge in [-0.2, -0.15) is 0 Å². The number of aromatic carboxylic acids is 1. The topological polar surface area (TPSA) is 97.8 Å². The molecule has 2 heterocycles.